The number of aromatic carboxylic acids is 1. The van der Waals surface area contributed by atoms with Gasteiger partial charge in [0.15, 0.2) is 0 Å². The standard InChI is InChI=1S/C14H13N3O3/c18-13-11(14(19)20)7-12(15-16-13)17-6-5-9-3-1-2-4-10(9)8-17/h1-4,7H,5-6,8H2,(H,16,18)(H,19,20). The molecule has 0 radical (unpaired) electrons. The second kappa shape index (κ2) is 4.80. The molecule has 102 valence electrons. The fourth-order valence-corrected chi connectivity index (χ4v) is 2.41. The summed E-state index contributed by atoms with van der Waals surface area (Å²) in [5, 5.41) is 15.2. The Morgan fingerprint density at radius 1 is 1.30 bits per heavy atom. The van der Waals surface area contributed by atoms with E-state index < -0.39 is 11.5 Å². The van der Waals surface area contributed by atoms with Gasteiger partial charge in [0.2, 0.25) is 0 Å². The first kappa shape index (κ1) is 12.4. The van der Waals surface area contributed by atoms with E-state index in [0.717, 1.165) is 13.0 Å². The summed E-state index contributed by atoms with van der Waals surface area (Å²) < 4.78 is 0. The van der Waals surface area contributed by atoms with E-state index in [-0.39, 0.29) is 5.56 Å². The molecule has 2 heterocycles. The van der Waals surface area contributed by atoms with E-state index in [2.05, 4.69) is 16.3 Å². The quantitative estimate of drug-likeness (QED) is 0.852. The monoisotopic (exact) mass is 271 g/mol. The van der Waals surface area contributed by atoms with Crippen molar-refractivity contribution < 1.29 is 9.90 Å². The Balaban J connectivity index is 1.94. The third kappa shape index (κ3) is 2.16. The van der Waals surface area contributed by atoms with Crippen LogP contribution in [0.15, 0.2) is 35.1 Å². The topological polar surface area (TPSA) is 86.3 Å². The number of carboxylic acids is 1. The molecule has 0 saturated heterocycles. The van der Waals surface area contributed by atoms with Gasteiger partial charge in [0.25, 0.3) is 5.56 Å². The lowest BCUT2D eigenvalue weighted by atomic mass is 10.00. The first-order valence-corrected chi connectivity index (χ1v) is 6.30. The van der Waals surface area contributed by atoms with Crippen LogP contribution in [0.4, 0.5) is 5.82 Å². The van der Waals surface area contributed by atoms with Crippen molar-refractivity contribution in [3.63, 3.8) is 0 Å². The number of carboxylic acid groups (broad SMARTS) is 1. The number of aromatic nitrogens is 2. The van der Waals surface area contributed by atoms with Crippen LogP contribution >= 0.6 is 0 Å². The van der Waals surface area contributed by atoms with E-state index in [1.54, 1.807) is 0 Å². The molecular formula is C14H13N3O3. The van der Waals surface area contributed by atoms with Crippen LogP contribution < -0.4 is 10.5 Å². The lowest BCUT2D eigenvalue weighted by Gasteiger charge is -2.29. The largest absolute Gasteiger partial charge is 0.477 e. The summed E-state index contributed by atoms with van der Waals surface area (Å²) in [6.07, 6.45) is 0.874. The Hall–Kier alpha value is -2.63. The van der Waals surface area contributed by atoms with Gasteiger partial charge in [-0.25, -0.2) is 9.89 Å². The van der Waals surface area contributed by atoms with Gasteiger partial charge in [-0.2, -0.15) is 5.10 Å². The van der Waals surface area contributed by atoms with Crippen LogP contribution in [-0.2, 0) is 13.0 Å². The van der Waals surface area contributed by atoms with Crippen molar-refractivity contribution in [1.29, 1.82) is 0 Å². The molecule has 3 rings (SSSR count). The van der Waals surface area contributed by atoms with Gasteiger partial charge < -0.3 is 10.0 Å². The minimum Gasteiger partial charge on any atom is -0.477 e. The Morgan fingerprint density at radius 3 is 2.80 bits per heavy atom. The van der Waals surface area contributed by atoms with Gasteiger partial charge in [-0.05, 0) is 17.5 Å². The number of H-pyrrole nitrogens is 1. The van der Waals surface area contributed by atoms with Crippen molar-refractivity contribution in [3.8, 4) is 0 Å². The molecule has 0 unspecified atom stereocenters. The second-order valence-corrected chi connectivity index (χ2v) is 4.71. The maximum Gasteiger partial charge on any atom is 0.341 e. The van der Waals surface area contributed by atoms with E-state index in [9.17, 15) is 9.59 Å². The third-order valence-electron chi connectivity index (χ3n) is 3.48. The summed E-state index contributed by atoms with van der Waals surface area (Å²) in [7, 11) is 0. The molecule has 0 atom stereocenters. The van der Waals surface area contributed by atoms with Crippen LogP contribution in [0.3, 0.4) is 0 Å². The number of benzene rings is 1. The number of nitrogens with one attached hydrogen (secondary N) is 1. The zero-order valence-corrected chi connectivity index (χ0v) is 10.7. The van der Waals surface area contributed by atoms with Crippen LogP contribution in [0, 0.1) is 0 Å². The van der Waals surface area contributed by atoms with Gasteiger partial charge in [0.1, 0.15) is 11.4 Å². The highest BCUT2D eigenvalue weighted by Crippen LogP contribution is 2.22. The maximum absolute atomic E-state index is 11.4. The van der Waals surface area contributed by atoms with Crippen LogP contribution in [-0.4, -0.2) is 27.8 Å². The first-order chi connectivity index (χ1) is 9.65. The highest BCUT2D eigenvalue weighted by atomic mass is 16.4. The van der Waals surface area contributed by atoms with Gasteiger partial charge in [0, 0.05) is 19.2 Å². The lowest BCUT2D eigenvalue weighted by Crippen LogP contribution is -2.32. The average Bonchev–Trinajstić information content (AvgIpc) is 2.47. The third-order valence-corrected chi connectivity index (χ3v) is 3.48. The highest BCUT2D eigenvalue weighted by molar-refractivity contribution is 5.87. The number of carbonyl (C=O) groups is 1. The van der Waals surface area contributed by atoms with Crippen LogP contribution in [0.2, 0.25) is 0 Å². The molecule has 6 heteroatoms. The molecule has 0 saturated carbocycles. The number of hydrogen-bond donors (Lipinski definition) is 2. The maximum atomic E-state index is 11.4. The van der Waals surface area contributed by atoms with E-state index in [0.29, 0.717) is 12.4 Å². The molecule has 1 aromatic heterocycles. The van der Waals surface area contributed by atoms with Gasteiger partial charge in [-0.15, -0.1) is 0 Å². The second-order valence-electron chi connectivity index (χ2n) is 4.71. The van der Waals surface area contributed by atoms with E-state index in [4.69, 9.17) is 5.11 Å². The molecule has 1 aliphatic rings. The lowest BCUT2D eigenvalue weighted by molar-refractivity contribution is 0.0694. The number of fused-ring (bicyclic) bond motifs is 1. The number of aromatic amines is 1. The van der Waals surface area contributed by atoms with Crippen molar-refractivity contribution in [2.75, 3.05) is 11.4 Å². The summed E-state index contributed by atoms with van der Waals surface area (Å²) in [6.45, 7) is 1.41. The predicted molar refractivity (Wildman–Crippen MR) is 73.0 cm³/mol. The molecule has 2 aromatic rings. The van der Waals surface area contributed by atoms with Crippen molar-refractivity contribution >= 4 is 11.8 Å². The van der Waals surface area contributed by atoms with Gasteiger partial charge in [-0.1, -0.05) is 24.3 Å². The molecule has 0 amide bonds. The van der Waals surface area contributed by atoms with Crippen LogP contribution in [0.5, 0.6) is 0 Å². The zero-order valence-electron chi connectivity index (χ0n) is 10.7. The van der Waals surface area contributed by atoms with E-state index in [1.165, 1.54) is 17.2 Å². The van der Waals surface area contributed by atoms with Gasteiger partial charge in [0.05, 0.1) is 0 Å². The van der Waals surface area contributed by atoms with Gasteiger partial charge >= 0.3 is 5.97 Å². The average molecular weight is 271 g/mol. The molecular weight excluding hydrogens is 258 g/mol. The molecule has 0 aliphatic carbocycles. The predicted octanol–water partition coefficient (Wildman–Crippen LogP) is 1.03. The summed E-state index contributed by atoms with van der Waals surface area (Å²) in [4.78, 5) is 24.3. The minimum atomic E-state index is -1.24. The zero-order chi connectivity index (χ0) is 14.1. The fourth-order valence-electron chi connectivity index (χ4n) is 2.41. The number of rotatable bonds is 2. The Morgan fingerprint density at radius 2 is 2.05 bits per heavy atom. The molecule has 1 aliphatic heterocycles. The summed E-state index contributed by atoms with van der Waals surface area (Å²) in [6, 6.07) is 9.45. The molecule has 1 aromatic carbocycles. The van der Waals surface area contributed by atoms with Crippen LogP contribution in [0.1, 0.15) is 21.5 Å². The molecule has 20 heavy (non-hydrogen) atoms. The highest BCUT2D eigenvalue weighted by Gasteiger charge is 2.19. The van der Waals surface area contributed by atoms with Crippen LogP contribution in [0.25, 0.3) is 0 Å². The molecule has 0 spiro atoms. The number of hydrogen-bond acceptors (Lipinski definition) is 4. The minimum absolute atomic E-state index is 0.283. The van der Waals surface area contributed by atoms with Crippen molar-refractivity contribution in [2.24, 2.45) is 0 Å². The Labute approximate surface area is 114 Å². The van der Waals surface area contributed by atoms with Crippen molar-refractivity contribution in [3.05, 3.63) is 57.4 Å². The summed E-state index contributed by atoms with van der Waals surface area (Å²) >= 11 is 0. The molecule has 0 bridgehead atoms. The fraction of sp³-hybridized carbons (Fsp3) is 0.214. The molecule has 6 nitrogen and oxygen atoms in total. The smallest absolute Gasteiger partial charge is 0.341 e. The molecule has 0 fully saturated rings. The SMILES string of the molecule is O=C(O)c1cc(N2CCc3ccccc3C2)n[nH]c1=O. The number of nitrogens with zero attached hydrogens (tertiary/aromatic N) is 2. The normalized spacial score (nSPS) is 13.9. The number of anilines is 1. The summed E-state index contributed by atoms with van der Waals surface area (Å²) in [5.74, 6) is -0.760. The van der Waals surface area contributed by atoms with Crippen molar-refractivity contribution in [2.45, 2.75) is 13.0 Å². The van der Waals surface area contributed by atoms with E-state index in [1.807, 2.05) is 23.1 Å². The molecule has 2 N–H and O–H groups in total. The first-order valence-electron chi connectivity index (χ1n) is 6.30. The van der Waals surface area contributed by atoms with Crippen molar-refractivity contribution in [1.82, 2.24) is 10.2 Å². The summed E-state index contributed by atoms with van der Waals surface area (Å²) in [5.41, 5.74) is 1.53. The Bertz CT molecular complexity index is 724. The Kier molecular flexibility index (Phi) is 2.98. The van der Waals surface area contributed by atoms with Gasteiger partial charge in [-0.3, -0.25) is 4.79 Å². The van der Waals surface area contributed by atoms with E-state index >= 15 is 0 Å².